The van der Waals surface area contributed by atoms with Gasteiger partial charge in [0, 0.05) is 36.0 Å². The van der Waals surface area contributed by atoms with Crippen LogP contribution in [0, 0.1) is 11.3 Å². The minimum Gasteiger partial charge on any atom is -0.311 e. The van der Waals surface area contributed by atoms with Gasteiger partial charge in [0.1, 0.15) is 17.7 Å². The number of halogens is 2. The number of hydrogen-bond donors (Lipinski definition) is 1. The van der Waals surface area contributed by atoms with Crippen LogP contribution in [0.15, 0.2) is 53.7 Å². The molecule has 1 saturated heterocycles. The number of nitriles is 1. The van der Waals surface area contributed by atoms with Crippen molar-refractivity contribution in [2.75, 3.05) is 18.4 Å². The fourth-order valence-corrected chi connectivity index (χ4v) is 6.08. The number of piperidine rings is 1. The summed E-state index contributed by atoms with van der Waals surface area (Å²) in [6, 6.07) is 12.2. The highest BCUT2D eigenvalue weighted by atomic mass is 19.3. The second kappa shape index (κ2) is 13.9. The quantitative estimate of drug-likeness (QED) is 0.211. The number of pyridine rings is 2. The summed E-state index contributed by atoms with van der Waals surface area (Å²) in [6.07, 6.45) is 10.1. The van der Waals surface area contributed by atoms with Gasteiger partial charge in [-0.05, 0) is 98.6 Å². The van der Waals surface area contributed by atoms with Gasteiger partial charge in [0.05, 0.1) is 11.6 Å². The number of benzene rings is 1. The van der Waals surface area contributed by atoms with Crippen molar-refractivity contribution in [3.63, 3.8) is 0 Å². The van der Waals surface area contributed by atoms with Gasteiger partial charge in [0.25, 0.3) is 11.5 Å². The van der Waals surface area contributed by atoms with E-state index in [9.17, 15) is 23.6 Å². The molecule has 2 saturated carbocycles. The van der Waals surface area contributed by atoms with Gasteiger partial charge in [-0.1, -0.05) is 26.3 Å². The summed E-state index contributed by atoms with van der Waals surface area (Å²) in [4.78, 5) is 34.3. The van der Waals surface area contributed by atoms with Crippen LogP contribution in [-0.2, 0) is 6.54 Å². The lowest BCUT2D eigenvalue weighted by atomic mass is 9.96. The Morgan fingerprint density at radius 2 is 1.81 bits per heavy atom. The summed E-state index contributed by atoms with van der Waals surface area (Å²) < 4.78 is 30.0. The number of alkyl halides is 2. The minimum atomic E-state index is -2.88. The molecule has 10 nitrogen and oxygen atoms in total. The van der Waals surface area contributed by atoms with E-state index in [1.165, 1.54) is 12.5 Å². The zero-order chi connectivity index (χ0) is 33.1. The van der Waals surface area contributed by atoms with Crippen molar-refractivity contribution in [2.24, 2.45) is 0 Å². The Kier molecular flexibility index (Phi) is 9.54. The molecule has 3 aromatic heterocycles. The molecule has 4 heterocycles. The number of nitrogens with zero attached hydrogens (tertiary/aromatic N) is 7. The Bertz CT molecular complexity index is 1860. The predicted octanol–water partition coefficient (Wildman–Crippen LogP) is 6.91. The van der Waals surface area contributed by atoms with Gasteiger partial charge >= 0.3 is 6.55 Å². The Balaban J connectivity index is 0.00000190. The third-order valence-corrected chi connectivity index (χ3v) is 8.71. The summed E-state index contributed by atoms with van der Waals surface area (Å²) in [5, 5.41) is 20.0. The summed E-state index contributed by atoms with van der Waals surface area (Å²) >= 11 is 0. The van der Waals surface area contributed by atoms with Crippen molar-refractivity contribution in [2.45, 2.75) is 83.8 Å². The minimum absolute atomic E-state index is 0.0701. The number of carbonyl (C=O) groups excluding carboxylic acids is 1. The lowest BCUT2D eigenvalue weighted by Gasteiger charge is -2.26. The molecule has 12 heteroatoms. The monoisotopic (exact) mass is 640 g/mol. The topological polar surface area (TPSA) is 122 Å². The Hall–Kier alpha value is -4.76. The van der Waals surface area contributed by atoms with Crippen molar-refractivity contribution in [3.05, 3.63) is 81.7 Å². The summed E-state index contributed by atoms with van der Waals surface area (Å²) in [5.41, 5.74) is 3.15. The van der Waals surface area contributed by atoms with Gasteiger partial charge in [-0.2, -0.15) is 14.0 Å². The van der Waals surface area contributed by atoms with Gasteiger partial charge in [-0.25, -0.2) is 4.98 Å². The third-order valence-electron chi connectivity index (χ3n) is 8.71. The van der Waals surface area contributed by atoms with Crippen LogP contribution < -0.4 is 10.9 Å². The van der Waals surface area contributed by atoms with E-state index >= 15 is 0 Å². The zero-order valence-corrected chi connectivity index (χ0v) is 26.6. The van der Waals surface area contributed by atoms with E-state index in [0.29, 0.717) is 27.8 Å². The van der Waals surface area contributed by atoms with E-state index in [1.54, 1.807) is 28.8 Å². The van der Waals surface area contributed by atoms with Crippen LogP contribution in [0.2, 0.25) is 0 Å². The van der Waals surface area contributed by atoms with Crippen molar-refractivity contribution >= 4 is 11.7 Å². The Morgan fingerprint density at radius 3 is 2.49 bits per heavy atom. The molecule has 3 fully saturated rings. The maximum atomic E-state index is 13.8. The molecular formula is C35H38F2N8O2. The first-order valence-corrected chi connectivity index (χ1v) is 16.4. The summed E-state index contributed by atoms with van der Waals surface area (Å²) in [5.74, 6) is -0.173. The Labute approximate surface area is 272 Å². The van der Waals surface area contributed by atoms with Crippen LogP contribution >= 0.6 is 0 Å². The number of aromatic nitrogens is 5. The molecule has 47 heavy (non-hydrogen) atoms. The first kappa shape index (κ1) is 32.2. The predicted molar refractivity (Wildman–Crippen MR) is 174 cm³/mol. The molecule has 1 aromatic carbocycles. The summed E-state index contributed by atoms with van der Waals surface area (Å²) in [6.45, 7) is 3.79. The number of nitrogens with one attached hydrogen (secondary N) is 1. The molecule has 0 radical (unpaired) electrons. The number of anilines is 1. The number of amides is 1. The van der Waals surface area contributed by atoms with Gasteiger partial charge in [0.2, 0.25) is 0 Å². The van der Waals surface area contributed by atoms with Crippen LogP contribution in [-0.4, -0.2) is 48.2 Å². The first-order valence-electron chi connectivity index (χ1n) is 16.4. The van der Waals surface area contributed by atoms with E-state index in [4.69, 9.17) is 4.98 Å². The second-order valence-electron chi connectivity index (χ2n) is 12.1. The molecule has 244 valence electrons. The van der Waals surface area contributed by atoms with Crippen LogP contribution in [0.1, 0.15) is 104 Å². The van der Waals surface area contributed by atoms with Crippen LogP contribution in [0.3, 0.4) is 0 Å². The molecule has 0 bridgehead atoms. The van der Waals surface area contributed by atoms with Crippen molar-refractivity contribution in [1.29, 1.82) is 5.26 Å². The maximum absolute atomic E-state index is 13.8. The average Bonchev–Trinajstić information content (AvgIpc) is 4.04. The first-order chi connectivity index (χ1) is 22.9. The highest BCUT2D eigenvalue weighted by Gasteiger charge is 2.29. The highest BCUT2D eigenvalue weighted by Crippen LogP contribution is 2.42. The second-order valence-corrected chi connectivity index (χ2v) is 12.1. The van der Waals surface area contributed by atoms with Crippen molar-refractivity contribution in [1.82, 2.24) is 29.2 Å². The normalized spacial score (nSPS) is 16.3. The van der Waals surface area contributed by atoms with E-state index in [1.807, 2.05) is 26.1 Å². The number of carbonyl (C=O) groups is 1. The Morgan fingerprint density at radius 1 is 1.04 bits per heavy atom. The molecule has 0 atom stereocenters. The van der Waals surface area contributed by atoms with Crippen LogP contribution in [0.5, 0.6) is 0 Å². The molecule has 1 amide bonds. The fraction of sp³-hybridized carbons (Fsp3) is 0.429. The van der Waals surface area contributed by atoms with E-state index < -0.39 is 12.5 Å². The smallest absolute Gasteiger partial charge is 0.311 e. The summed E-state index contributed by atoms with van der Waals surface area (Å²) in [7, 11) is 0. The fourth-order valence-electron chi connectivity index (χ4n) is 6.08. The molecule has 1 aliphatic heterocycles. The average molecular weight is 641 g/mol. The third kappa shape index (κ3) is 7.15. The molecule has 4 aromatic rings. The molecule has 7 rings (SSSR count). The van der Waals surface area contributed by atoms with Gasteiger partial charge in [-0.15, -0.1) is 10.2 Å². The van der Waals surface area contributed by atoms with Crippen molar-refractivity contribution in [3.8, 4) is 28.6 Å². The number of likely N-dealkylation sites (tertiary alicyclic amines) is 1. The van der Waals surface area contributed by atoms with Gasteiger partial charge in [-0.3, -0.25) is 19.1 Å². The lowest BCUT2D eigenvalue weighted by Crippen LogP contribution is -2.32. The molecule has 2 aliphatic carbocycles. The number of rotatable bonds is 9. The van der Waals surface area contributed by atoms with Gasteiger partial charge < -0.3 is 9.88 Å². The van der Waals surface area contributed by atoms with Crippen LogP contribution in [0.25, 0.3) is 22.5 Å². The van der Waals surface area contributed by atoms with Crippen molar-refractivity contribution < 1.29 is 13.6 Å². The zero-order valence-electron chi connectivity index (χ0n) is 26.6. The van der Waals surface area contributed by atoms with Crippen LogP contribution in [0.4, 0.5) is 14.6 Å². The molecule has 1 N–H and O–H groups in total. The molecular weight excluding hydrogens is 602 g/mol. The van der Waals surface area contributed by atoms with E-state index in [0.717, 1.165) is 69.2 Å². The molecule has 0 unspecified atom stereocenters. The van der Waals surface area contributed by atoms with E-state index in [2.05, 4.69) is 26.5 Å². The largest absolute Gasteiger partial charge is 0.321 e. The lowest BCUT2D eigenvalue weighted by molar-refractivity contribution is 0.0716. The molecule has 3 aliphatic rings. The maximum Gasteiger partial charge on any atom is 0.321 e. The SMILES string of the molecule is CC.N#Cc1ccc(-c2cc(NC(=O)c3cc(CN4CCCCC4)cn(C4CC4)c3=O)nc(C3CC3)c2)c(-c2nncn2C(F)F)c1. The standard InChI is InChI=1S/C33H32F2N8O2.C2H6/c34-33(35)43-19-37-40-30(43)26-12-20(16-36)4-9-25(26)23-14-28(22-5-6-22)38-29(15-23)39-31(44)27-13-21(17-41-10-2-1-3-11-41)18-42(32(27)45)24-7-8-24;1-2/h4,9,12-15,18-19,22,24,33H,1-3,5-8,10-11,17H2,(H,38,39,44);1-2H3. The van der Waals surface area contributed by atoms with Gasteiger partial charge in [0.15, 0.2) is 5.82 Å². The van der Waals surface area contributed by atoms with E-state index in [-0.39, 0.29) is 40.3 Å². The number of hydrogen-bond acceptors (Lipinski definition) is 7. The molecule has 0 spiro atoms. The highest BCUT2D eigenvalue weighted by molar-refractivity contribution is 6.04.